The average Bonchev–Trinajstić information content (AvgIpc) is 2.96. The fraction of sp³-hybridized carbons (Fsp3) is 0.333. The summed E-state index contributed by atoms with van der Waals surface area (Å²) in [4.78, 5) is 13.8. The molecule has 0 spiro atoms. The lowest BCUT2D eigenvalue weighted by Gasteiger charge is -2.25. The molecule has 0 aliphatic rings. The van der Waals surface area contributed by atoms with Crippen LogP contribution in [0.15, 0.2) is 36.7 Å². The summed E-state index contributed by atoms with van der Waals surface area (Å²) in [5.74, 6) is -0.177. The molecule has 132 valence electrons. The molecule has 7 nitrogen and oxygen atoms in total. The van der Waals surface area contributed by atoms with Crippen molar-refractivity contribution in [2.75, 3.05) is 17.0 Å². The SMILES string of the molecule is CS(=O)(=O)O.Cc1cccc(C)c1N(Cn1cccn1)C(=O)CCl. The zero-order valence-electron chi connectivity index (χ0n) is 13.7. The highest BCUT2D eigenvalue weighted by atomic mass is 35.5. The molecule has 0 unspecified atom stereocenters. The van der Waals surface area contributed by atoms with Crippen molar-refractivity contribution in [1.29, 1.82) is 0 Å². The first-order valence-corrected chi connectivity index (χ1v) is 9.34. The van der Waals surface area contributed by atoms with E-state index in [1.807, 2.05) is 44.3 Å². The molecular formula is C15H20ClN3O4S. The maximum atomic E-state index is 12.1. The van der Waals surface area contributed by atoms with Crippen LogP contribution >= 0.6 is 11.6 Å². The molecule has 24 heavy (non-hydrogen) atoms. The van der Waals surface area contributed by atoms with E-state index in [4.69, 9.17) is 16.2 Å². The minimum Gasteiger partial charge on any atom is -0.291 e. The summed E-state index contributed by atoms with van der Waals surface area (Å²) in [6, 6.07) is 7.78. The van der Waals surface area contributed by atoms with Gasteiger partial charge >= 0.3 is 0 Å². The number of para-hydroxylation sites is 1. The van der Waals surface area contributed by atoms with E-state index in [1.54, 1.807) is 15.8 Å². The van der Waals surface area contributed by atoms with E-state index in [0.29, 0.717) is 12.9 Å². The molecule has 1 amide bonds. The summed E-state index contributed by atoms with van der Waals surface area (Å²) >= 11 is 5.72. The first kappa shape index (κ1) is 20.1. The number of amides is 1. The van der Waals surface area contributed by atoms with E-state index in [1.165, 1.54) is 0 Å². The smallest absolute Gasteiger partial charge is 0.261 e. The Morgan fingerprint density at radius 2 is 1.83 bits per heavy atom. The van der Waals surface area contributed by atoms with Gasteiger partial charge in [0.15, 0.2) is 0 Å². The highest BCUT2D eigenvalue weighted by molar-refractivity contribution is 7.85. The van der Waals surface area contributed by atoms with Crippen LogP contribution < -0.4 is 4.90 Å². The third-order valence-corrected chi connectivity index (χ3v) is 3.20. The zero-order chi connectivity index (χ0) is 18.3. The quantitative estimate of drug-likeness (QED) is 0.655. The fourth-order valence-corrected chi connectivity index (χ4v) is 2.25. The molecule has 0 fully saturated rings. The monoisotopic (exact) mass is 373 g/mol. The van der Waals surface area contributed by atoms with Crippen LogP contribution in [0.5, 0.6) is 0 Å². The van der Waals surface area contributed by atoms with Gasteiger partial charge in [0.2, 0.25) is 5.91 Å². The minimum atomic E-state index is -3.67. The number of aromatic nitrogens is 2. The molecule has 1 aromatic heterocycles. The highest BCUT2D eigenvalue weighted by Gasteiger charge is 2.19. The number of hydrogen-bond acceptors (Lipinski definition) is 4. The van der Waals surface area contributed by atoms with Crippen molar-refractivity contribution in [3.05, 3.63) is 47.8 Å². The topological polar surface area (TPSA) is 92.5 Å². The Morgan fingerprint density at radius 1 is 1.29 bits per heavy atom. The van der Waals surface area contributed by atoms with Gasteiger partial charge in [-0.15, -0.1) is 11.6 Å². The van der Waals surface area contributed by atoms with Crippen molar-refractivity contribution in [3.8, 4) is 0 Å². The molecule has 0 aliphatic heterocycles. The van der Waals surface area contributed by atoms with Crippen molar-refractivity contribution in [3.63, 3.8) is 0 Å². The second kappa shape index (κ2) is 8.81. The van der Waals surface area contributed by atoms with Crippen LogP contribution in [-0.4, -0.2) is 40.8 Å². The number of anilines is 1. The Hall–Kier alpha value is -1.90. The minimum absolute atomic E-state index is 0.0466. The molecule has 0 atom stereocenters. The summed E-state index contributed by atoms with van der Waals surface area (Å²) in [5.41, 5.74) is 3.00. The number of rotatable bonds is 4. The molecule has 0 saturated carbocycles. The highest BCUT2D eigenvalue weighted by Crippen LogP contribution is 2.25. The number of aryl methyl sites for hydroxylation is 2. The molecule has 0 saturated heterocycles. The number of benzene rings is 1. The van der Waals surface area contributed by atoms with Crippen molar-refractivity contribution in [2.45, 2.75) is 20.5 Å². The van der Waals surface area contributed by atoms with Crippen LogP contribution in [0, 0.1) is 13.8 Å². The summed E-state index contributed by atoms with van der Waals surface area (Å²) in [6.45, 7) is 4.34. The van der Waals surface area contributed by atoms with Gasteiger partial charge in [-0.25, -0.2) is 0 Å². The Balaban J connectivity index is 0.000000505. The molecule has 2 rings (SSSR count). The van der Waals surface area contributed by atoms with Crippen molar-refractivity contribution < 1.29 is 17.8 Å². The Labute approximate surface area is 146 Å². The fourth-order valence-electron chi connectivity index (χ4n) is 2.11. The van der Waals surface area contributed by atoms with Gasteiger partial charge in [0, 0.05) is 12.4 Å². The van der Waals surface area contributed by atoms with Gasteiger partial charge in [-0.05, 0) is 31.0 Å². The molecule has 9 heteroatoms. The molecule has 1 aromatic carbocycles. The molecule has 0 bridgehead atoms. The summed E-state index contributed by atoms with van der Waals surface area (Å²) in [7, 11) is -3.67. The zero-order valence-corrected chi connectivity index (χ0v) is 15.3. The number of hydrogen-bond donors (Lipinski definition) is 1. The summed E-state index contributed by atoms with van der Waals surface area (Å²) in [6.07, 6.45) is 4.23. The van der Waals surface area contributed by atoms with Gasteiger partial charge in [0.1, 0.15) is 12.5 Å². The molecule has 1 heterocycles. The van der Waals surface area contributed by atoms with Gasteiger partial charge in [0.25, 0.3) is 10.1 Å². The molecule has 1 N–H and O–H groups in total. The van der Waals surface area contributed by atoms with Crippen LogP contribution in [0.1, 0.15) is 11.1 Å². The first-order chi connectivity index (χ1) is 11.1. The lowest BCUT2D eigenvalue weighted by molar-refractivity contribution is -0.116. The maximum Gasteiger partial charge on any atom is 0.261 e. The van der Waals surface area contributed by atoms with Gasteiger partial charge in [-0.2, -0.15) is 13.5 Å². The van der Waals surface area contributed by atoms with Gasteiger partial charge in [0.05, 0.1) is 11.9 Å². The summed E-state index contributed by atoms with van der Waals surface area (Å²) in [5, 5.41) is 4.14. The predicted octanol–water partition coefficient (Wildman–Crippen LogP) is 2.23. The standard InChI is InChI=1S/C14H16ClN3O.CH4O3S/c1-11-5-3-6-12(2)14(11)18(13(19)9-15)10-17-8-4-7-16-17;1-5(2,3)4/h3-8H,9-10H2,1-2H3;1H3,(H,2,3,4). The third kappa shape index (κ3) is 6.69. The Morgan fingerprint density at radius 3 is 2.25 bits per heavy atom. The maximum absolute atomic E-state index is 12.1. The number of alkyl halides is 1. The largest absolute Gasteiger partial charge is 0.291 e. The van der Waals surface area contributed by atoms with Crippen molar-refractivity contribution >= 4 is 33.3 Å². The normalized spacial score (nSPS) is 10.7. The number of nitrogens with zero attached hydrogens (tertiary/aromatic N) is 3. The van der Waals surface area contributed by atoms with E-state index >= 15 is 0 Å². The summed E-state index contributed by atoms with van der Waals surface area (Å²) < 4.78 is 27.6. The van der Waals surface area contributed by atoms with E-state index in [9.17, 15) is 13.2 Å². The van der Waals surface area contributed by atoms with Crippen LogP contribution in [0.25, 0.3) is 0 Å². The van der Waals surface area contributed by atoms with E-state index in [0.717, 1.165) is 16.8 Å². The number of halogens is 1. The molecule has 0 aliphatic carbocycles. The molecule has 2 aromatic rings. The first-order valence-electron chi connectivity index (χ1n) is 6.96. The molecular weight excluding hydrogens is 354 g/mol. The molecule has 0 radical (unpaired) electrons. The van der Waals surface area contributed by atoms with Crippen LogP contribution in [0.2, 0.25) is 0 Å². The lowest BCUT2D eigenvalue weighted by Crippen LogP contribution is -2.35. The van der Waals surface area contributed by atoms with Crippen LogP contribution in [-0.2, 0) is 21.6 Å². The Kier molecular flexibility index (Phi) is 7.40. The van der Waals surface area contributed by atoms with Crippen LogP contribution in [0.3, 0.4) is 0 Å². The van der Waals surface area contributed by atoms with E-state index in [2.05, 4.69) is 5.10 Å². The number of carbonyl (C=O) groups excluding carboxylic acids is 1. The van der Waals surface area contributed by atoms with Gasteiger partial charge in [-0.1, -0.05) is 18.2 Å². The second-order valence-corrected chi connectivity index (χ2v) is 6.85. The van der Waals surface area contributed by atoms with Crippen molar-refractivity contribution in [1.82, 2.24) is 9.78 Å². The van der Waals surface area contributed by atoms with E-state index < -0.39 is 10.1 Å². The third-order valence-electron chi connectivity index (χ3n) is 2.97. The Bertz CT molecular complexity index is 748. The second-order valence-electron chi connectivity index (χ2n) is 5.12. The predicted molar refractivity (Wildman–Crippen MR) is 93.8 cm³/mol. The van der Waals surface area contributed by atoms with Crippen LogP contribution in [0.4, 0.5) is 5.69 Å². The lowest BCUT2D eigenvalue weighted by atomic mass is 10.1. The van der Waals surface area contributed by atoms with Gasteiger partial charge in [-0.3, -0.25) is 18.9 Å². The van der Waals surface area contributed by atoms with Crippen molar-refractivity contribution in [2.24, 2.45) is 0 Å². The van der Waals surface area contributed by atoms with E-state index in [-0.39, 0.29) is 11.8 Å². The van der Waals surface area contributed by atoms with Gasteiger partial charge < -0.3 is 0 Å². The number of carbonyl (C=O) groups is 1. The average molecular weight is 374 g/mol.